The van der Waals surface area contributed by atoms with Crippen molar-refractivity contribution < 1.29 is 9.59 Å². The van der Waals surface area contributed by atoms with Gasteiger partial charge in [-0.25, -0.2) is 0 Å². The van der Waals surface area contributed by atoms with Crippen LogP contribution in [0.25, 0.3) is 10.8 Å². The maximum Gasteiger partial charge on any atom is 0.242 e. The minimum atomic E-state index is -0.248. The largest absolute Gasteiger partial charge is 0.302 e. The first-order valence-corrected chi connectivity index (χ1v) is 8.92. The van der Waals surface area contributed by atoms with Gasteiger partial charge in [-0.15, -0.1) is 0 Å². The van der Waals surface area contributed by atoms with Gasteiger partial charge in [0.05, 0.1) is 12.8 Å². The fourth-order valence-corrected chi connectivity index (χ4v) is 2.94. The average molecular weight is 377 g/mol. The Hall–Kier alpha value is -3.25. The molecule has 0 bridgehead atoms. The molecule has 6 heteroatoms. The third kappa shape index (κ3) is 5.36. The van der Waals surface area contributed by atoms with Crippen LogP contribution in [0.1, 0.15) is 11.1 Å². The van der Waals surface area contributed by atoms with Gasteiger partial charge in [0.1, 0.15) is 0 Å². The molecule has 0 saturated heterocycles. The number of hydrogen-bond acceptors (Lipinski definition) is 3. The van der Waals surface area contributed by atoms with E-state index in [-0.39, 0.29) is 29.8 Å². The number of benzene rings is 3. The number of carbonyl (C=O) groups excluding carboxylic acids is 2. The topological polar surface area (TPSA) is 70.2 Å². The van der Waals surface area contributed by atoms with Gasteiger partial charge in [-0.3, -0.25) is 20.4 Å². The molecule has 0 radical (unpaired) electrons. The summed E-state index contributed by atoms with van der Waals surface area (Å²) in [5.74, 6) is -0.493. The molecule has 0 aliphatic carbocycles. The van der Waals surface area contributed by atoms with Gasteiger partial charge in [0.15, 0.2) is 5.11 Å². The van der Waals surface area contributed by atoms with E-state index in [1.807, 2.05) is 72.8 Å². The van der Waals surface area contributed by atoms with Crippen LogP contribution in [-0.2, 0) is 22.4 Å². The molecule has 136 valence electrons. The lowest BCUT2D eigenvalue weighted by Gasteiger charge is -2.11. The van der Waals surface area contributed by atoms with Crippen molar-refractivity contribution >= 4 is 39.9 Å². The Bertz CT molecular complexity index is 968. The minimum absolute atomic E-state index is 0.0576. The third-order valence-corrected chi connectivity index (χ3v) is 4.21. The molecule has 0 aromatic heterocycles. The summed E-state index contributed by atoms with van der Waals surface area (Å²) >= 11 is 5.05. The maximum atomic E-state index is 12.2. The molecule has 27 heavy (non-hydrogen) atoms. The Morgan fingerprint density at radius 3 is 2.26 bits per heavy atom. The lowest BCUT2D eigenvalue weighted by molar-refractivity contribution is -0.121. The number of rotatable bonds is 4. The van der Waals surface area contributed by atoms with Crippen LogP contribution in [0.3, 0.4) is 0 Å². The normalized spacial score (nSPS) is 10.2. The fourth-order valence-electron chi connectivity index (χ4n) is 2.77. The van der Waals surface area contributed by atoms with Crippen LogP contribution in [0.15, 0.2) is 72.8 Å². The highest BCUT2D eigenvalue weighted by Crippen LogP contribution is 2.18. The first-order chi connectivity index (χ1) is 13.1. The van der Waals surface area contributed by atoms with Gasteiger partial charge in [-0.1, -0.05) is 72.8 Å². The Labute approximate surface area is 162 Å². The third-order valence-electron chi connectivity index (χ3n) is 4.01. The van der Waals surface area contributed by atoms with Crippen LogP contribution >= 0.6 is 12.2 Å². The summed E-state index contributed by atoms with van der Waals surface area (Å²) in [7, 11) is 0. The van der Waals surface area contributed by atoms with Gasteiger partial charge >= 0.3 is 0 Å². The van der Waals surface area contributed by atoms with Gasteiger partial charge < -0.3 is 5.32 Å². The number of hydrazine groups is 1. The predicted octanol–water partition coefficient (Wildman–Crippen LogP) is 2.65. The maximum absolute atomic E-state index is 12.2. The Morgan fingerprint density at radius 1 is 0.741 bits per heavy atom. The van der Waals surface area contributed by atoms with Gasteiger partial charge in [-0.05, 0) is 34.1 Å². The van der Waals surface area contributed by atoms with Crippen molar-refractivity contribution in [1.29, 1.82) is 0 Å². The van der Waals surface area contributed by atoms with E-state index in [0.717, 1.165) is 21.9 Å². The molecule has 0 aliphatic rings. The zero-order valence-corrected chi connectivity index (χ0v) is 15.4. The highest BCUT2D eigenvalue weighted by Gasteiger charge is 2.09. The number of hydrogen-bond donors (Lipinski definition) is 3. The van der Waals surface area contributed by atoms with Crippen LogP contribution < -0.4 is 16.2 Å². The molecule has 3 aromatic carbocycles. The van der Waals surface area contributed by atoms with E-state index < -0.39 is 0 Å². The number of fused-ring (bicyclic) bond motifs is 1. The van der Waals surface area contributed by atoms with E-state index >= 15 is 0 Å². The molecule has 0 heterocycles. The van der Waals surface area contributed by atoms with Crippen molar-refractivity contribution in [3.63, 3.8) is 0 Å². The van der Waals surface area contributed by atoms with Crippen molar-refractivity contribution in [1.82, 2.24) is 16.2 Å². The molecule has 0 atom stereocenters. The summed E-state index contributed by atoms with van der Waals surface area (Å²) in [4.78, 5) is 24.1. The Balaban J connectivity index is 1.48. The molecule has 0 unspecified atom stereocenters. The standard InChI is InChI=1S/C21H19N3O2S/c25-19(13-15-7-2-1-3-8-15)22-21(27)24-23-20(26)14-17-11-6-10-16-9-4-5-12-18(16)17/h1-12H,13-14H2,(H,23,26)(H2,22,24,25,27). The molecule has 0 aliphatic heterocycles. The molecule has 0 saturated carbocycles. The summed E-state index contributed by atoms with van der Waals surface area (Å²) in [6.45, 7) is 0. The number of thiocarbonyl (C=S) groups is 1. The van der Waals surface area contributed by atoms with E-state index in [9.17, 15) is 9.59 Å². The summed E-state index contributed by atoms with van der Waals surface area (Å²) in [5.41, 5.74) is 6.90. The lowest BCUT2D eigenvalue weighted by atomic mass is 10.0. The Kier molecular flexibility index (Phi) is 6.12. The summed E-state index contributed by atoms with van der Waals surface area (Å²) in [6, 6.07) is 23.1. The zero-order chi connectivity index (χ0) is 19.1. The summed E-state index contributed by atoms with van der Waals surface area (Å²) in [5, 5.41) is 4.72. The monoisotopic (exact) mass is 377 g/mol. The van der Waals surface area contributed by atoms with Gasteiger partial charge in [0.2, 0.25) is 11.8 Å². The minimum Gasteiger partial charge on any atom is -0.302 e. The van der Waals surface area contributed by atoms with E-state index in [1.165, 1.54) is 0 Å². The molecule has 2 amide bonds. The summed E-state index contributed by atoms with van der Waals surface area (Å²) in [6.07, 6.45) is 0.418. The molecule has 0 spiro atoms. The van der Waals surface area contributed by atoms with Crippen LogP contribution in [0, 0.1) is 0 Å². The van der Waals surface area contributed by atoms with Crippen LogP contribution in [0.2, 0.25) is 0 Å². The molecule has 3 N–H and O–H groups in total. The van der Waals surface area contributed by atoms with E-state index in [4.69, 9.17) is 12.2 Å². The number of nitrogens with one attached hydrogen (secondary N) is 3. The van der Waals surface area contributed by atoms with Crippen molar-refractivity contribution in [2.45, 2.75) is 12.8 Å². The molecule has 5 nitrogen and oxygen atoms in total. The number of carbonyl (C=O) groups is 2. The summed E-state index contributed by atoms with van der Waals surface area (Å²) < 4.78 is 0. The predicted molar refractivity (Wildman–Crippen MR) is 110 cm³/mol. The Morgan fingerprint density at radius 2 is 1.44 bits per heavy atom. The molecule has 3 aromatic rings. The van der Waals surface area contributed by atoms with Gasteiger partial charge in [0, 0.05) is 0 Å². The number of amides is 2. The molecule has 3 rings (SSSR count). The van der Waals surface area contributed by atoms with Crippen LogP contribution in [0.5, 0.6) is 0 Å². The molecule has 0 fully saturated rings. The molecular formula is C21H19N3O2S. The highest BCUT2D eigenvalue weighted by atomic mass is 32.1. The second-order valence-electron chi connectivity index (χ2n) is 6.03. The van der Waals surface area contributed by atoms with Gasteiger partial charge in [0.25, 0.3) is 0 Å². The van der Waals surface area contributed by atoms with Crippen molar-refractivity contribution in [2.75, 3.05) is 0 Å². The average Bonchev–Trinajstić information content (AvgIpc) is 2.67. The van der Waals surface area contributed by atoms with E-state index in [1.54, 1.807) is 0 Å². The first kappa shape index (κ1) is 18.5. The van der Waals surface area contributed by atoms with Crippen LogP contribution in [0.4, 0.5) is 0 Å². The fraction of sp³-hybridized carbons (Fsp3) is 0.0952. The molecular weight excluding hydrogens is 358 g/mol. The van der Waals surface area contributed by atoms with Crippen molar-refractivity contribution in [3.05, 3.63) is 83.9 Å². The van der Waals surface area contributed by atoms with E-state index in [2.05, 4.69) is 16.2 Å². The highest BCUT2D eigenvalue weighted by molar-refractivity contribution is 7.80. The van der Waals surface area contributed by atoms with Crippen molar-refractivity contribution in [2.24, 2.45) is 0 Å². The van der Waals surface area contributed by atoms with Crippen molar-refractivity contribution in [3.8, 4) is 0 Å². The second kappa shape index (κ2) is 8.91. The first-order valence-electron chi connectivity index (χ1n) is 8.51. The smallest absolute Gasteiger partial charge is 0.242 e. The van der Waals surface area contributed by atoms with Gasteiger partial charge in [-0.2, -0.15) is 0 Å². The zero-order valence-electron chi connectivity index (χ0n) is 14.6. The van der Waals surface area contributed by atoms with Crippen LogP contribution in [-0.4, -0.2) is 16.9 Å². The quantitative estimate of drug-likeness (QED) is 0.483. The SMILES string of the molecule is O=C(Cc1cccc2ccccc12)NNC(=S)NC(=O)Cc1ccccc1. The lowest BCUT2D eigenvalue weighted by Crippen LogP contribution is -2.49. The second-order valence-corrected chi connectivity index (χ2v) is 6.44. The van der Waals surface area contributed by atoms with E-state index in [0.29, 0.717) is 0 Å².